The number of carbonyl (C=O) groups excluding carboxylic acids is 1. The number of anilines is 1. The maximum atomic E-state index is 12.5. The molecule has 1 amide bonds. The number of halogens is 1. The number of pyridine rings is 1. The van der Waals surface area contributed by atoms with E-state index in [4.69, 9.17) is 26.8 Å². The van der Waals surface area contributed by atoms with Crippen molar-refractivity contribution in [2.75, 3.05) is 25.2 Å². The molecular formula is C25H31ClN6O3. The van der Waals surface area contributed by atoms with E-state index < -0.39 is 5.91 Å². The third-order valence-electron chi connectivity index (χ3n) is 7.63. The minimum atomic E-state index is -0.499. The van der Waals surface area contributed by atoms with Gasteiger partial charge in [-0.25, -0.2) is 9.50 Å². The molecule has 3 aromatic rings. The third kappa shape index (κ3) is 4.48. The molecule has 0 bridgehead atoms. The molecule has 0 atom stereocenters. The van der Waals surface area contributed by atoms with Gasteiger partial charge >= 0.3 is 0 Å². The highest BCUT2D eigenvalue weighted by Gasteiger charge is 2.39. The average molecular weight is 499 g/mol. The smallest absolute Gasteiger partial charge is 0.252 e. The number of aromatic nitrogens is 4. The van der Waals surface area contributed by atoms with Crippen molar-refractivity contribution in [3.63, 3.8) is 0 Å². The normalized spacial score (nSPS) is 21.1. The highest BCUT2D eigenvalue weighted by atomic mass is 35.5. The molecule has 0 aromatic carbocycles. The molecule has 0 spiro atoms. The Morgan fingerprint density at radius 2 is 1.89 bits per heavy atom. The number of primary amides is 1. The van der Waals surface area contributed by atoms with Gasteiger partial charge in [-0.15, -0.1) is 0 Å². The van der Waals surface area contributed by atoms with Crippen LogP contribution in [0.1, 0.15) is 49.9 Å². The van der Waals surface area contributed by atoms with E-state index in [-0.39, 0.29) is 17.7 Å². The molecule has 35 heavy (non-hydrogen) atoms. The Morgan fingerprint density at radius 3 is 2.51 bits per heavy atom. The first kappa shape index (κ1) is 24.0. The molecule has 0 radical (unpaired) electrons. The maximum Gasteiger partial charge on any atom is 0.252 e. The van der Waals surface area contributed by atoms with E-state index in [2.05, 4.69) is 33.8 Å². The lowest BCUT2D eigenvalue weighted by Crippen LogP contribution is -2.55. The van der Waals surface area contributed by atoms with Gasteiger partial charge in [-0.2, -0.15) is 5.10 Å². The standard InChI is InChI=1S/C25H31ClN6O3/c1-25(2,34-3)15-4-6-17(7-5-15)31(18-13-35-14-18)21-9-20(28-11-19(21)24(27)33)22-12-29-23-8-16(26)10-30-32(22)23/h8-12,15,17-18H,4-7,13-14H2,1-3H3,(H2,27,33). The Hall–Kier alpha value is -2.75. The van der Waals surface area contributed by atoms with Gasteiger partial charge in [-0.3, -0.25) is 9.78 Å². The van der Waals surface area contributed by atoms with Crippen molar-refractivity contribution in [2.45, 2.75) is 57.2 Å². The molecule has 10 heteroatoms. The van der Waals surface area contributed by atoms with Gasteiger partial charge in [-0.05, 0) is 51.5 Å². The van der Waals surface area contributed by atoms with Crippen molar-refractivity contribution < 1.29 is 14.3 Å². The van der Waals surface area contributed by atoms with Crippen LogP contribution in [-0.2, 0) is 9.47 Å². The molecular weight excluding hydrogens is 468 g/mol. The van der Waals surface area contributed by atoms with Crippen molar-refractivity contribution in [3.05, 3.63) is 41.3 Å². The van der Waals surface area contributed by atoms with Gasteiger partial charge in [0.25, 0.3) is 5.91 Å². The third-order valence-corrected chi connectivity index (χ3v) is 7.84. The minimum absolute atomic E-state index is 0.156. The van der Waals surface area contributed by atoms with Crippen LogP contribution in [0.2, 0.25) is 5.02 Å². The van der Waals surface area contributed by atoms with Gasteiger partial charge in [0.2, 0.25) is 0 Å². The quantitative estimate of drug-likeness (QED) is 0.528. The van der Waals surface area contributed by atoms with E-state index in [9.17, 15) is 4.79 Å². The minimum Gasteiger partial charge on any atom is -0.379 e. The maximum absolute atomic E-state index is 12.5. The number of ether oxygens (including phenoxy) is 2. The van der Waals surface area contributed by atoms with E-state index in [1.165, 1.54) is 0 Å². The number of methoxy groups -OCH3 is 1. The summed E-state index contributed by atoms with van der Waals surface area (Å²) in [6.45, 7) is 5.56. The van der Waals surface area contributed by atoms with E-state index in [1.54, 1.807) is 36.3 Å². The molecule has 1 saturated heterocycles. The molecule has 3 aromatic heterocycles. The summed E-state index contributed by atoms with van der Waals surface area (Å²) in [5.41, 5.74) is 8.85. The van der Waals surface area contributed by atoms with Crippen LogP contribution in [0.4, 0.5) is 5.69 Å². The van der Waals surface area contributed by atoms with Crippen LogP contribution in [0.5, 0.6) is 0 Å². The first-order valence-electron chi connectivity index (χ1n) is 12.0. The van der Waals surface area contributed by atoms with Crippen LogP contribution in [0.3, 0.4) is 0 Å². The Morgan fingerprint density at radius 1 is 1.14 bits per heavy atom. The number of rotatable bonds is 7. The predicted molar refractivity (Wildman–Crippen MR) is 134 cm³/mol. The highest BCUT2D eigenvalue weighted by molar-refractivity contribution is 6.30. The van der Waals surface area contributed by atoms with Crippen LogP contribution in [0.25, 0.3) is 17.0 Å². The molecule has 2 fully saturated rings. The van der Waals surface area contributed by atoms with Crippen molar-refractivity contribution >= 4 is 28.8 Å². The molecule has 5 rings (SSSR count). The Labute approximate surface area is 209 Å². The van der Waals surface area contributed by atoms with E-state index in [1.807, 2.05) is 6.07 Å². The second-order valence-electron chi connectivity index (χ2n) is 9.95. The zero-order valence-corrected chi connectivity index (χ0v) is 21.0. The van der Waals surface area contributed by atoms with Crippen LogP contribution in [0, 0.1) is 5.92 Å². The van der Waals surface area contributed by atoms with Crippen LogP contribution < -0.4 is 10.6 Å². The monoisotopic (exact) mass is 498 g/mol. The molecule has 4 heterocycles. The number of amides is 1. The fourth-order valence-corrected chi connectivity index (χ4v) is 5.45. The Bertz CT molecular complexity index is 1230. The van der Waals surface area contributed by atoms with Crippen LogP contribution in [0.15, 0.2) is 30.7 Å². The zero-order valence-electron chi connectivity index (χ0n) is 20.3. The SMILES string of the molecule is COC(C)(C)C1CCC(N(c2cc(-c3cnc4cc(Cl)cnn34)ncc2C(N)=O)C2COC2)CC1. The number of imidazole rings is 1. The van der Waals surface area contributed by atoms with Crippen LogP contribution >= 0.6 is 11.6 Å². The number of hydrogen-bond donors (Lipinski definition) is 1. The zero-order chi connectivity index (χ0) is 24.7. The fourth-order valence-electron chi connectivity index (χ4n) is 5.31. The first-order valence-corrected chi connectivity index (χ1v) is 12.4. The first-order chi connectivity index (χ1) is 16.8. The van der Waals surface area contributed by atoms with E-state index >= 15 is 0 Å². The second-order valence-corrected chi connectivity index (χ2v) is 10.4. The predicted octanol–water partition coefficient (Wildman–Crippen LogP) is 3.73. The largest absolute Gasteiger partial charge is 0.379 e. The fraction of sp³-hybridized carbons (Fsp3) is 0.520. The van der Waals surface area contributed by atoms with Gasteiger partial charge in [0.05, 0.1) is 59.2 Å². The summed E-state index contributed by atoms with van der Waals surface area (Å²) >= 11 is 6.08. The van der Waals surface area contributed by atoms with Crippen molar-refractivity contribution in [1.82, 2.24) is 19.6 Å². The summed E-state index contributed by atoms with van der Waals surface area (Å²) in [5, 5.41) is 4.90. The van der Waals surface area contributed by atoms with Crippen LogP contribution in [-0.4, -0.2) is 63.5 Å². The van der Waals surface area contributed by atoms with Gasteiger partial charge in [0.15, 0.2) is 5.65 Å². The summed E-state index contributed by atoms with van der Waals surface area (Å²) in [6, 6.07) is 4.12. The van der Waals surface area contributed by atoms with Crippen molar-refractivity contribution in [3.8, 4) is 11.4 Å². The summed E-state index contributed by atoms with van der Waals surface area (Å²) in [4.78, 5) is 23.8. The molecule has 2 aliphatic rings. The number of fused-ring (bicyclic) bond motifs is 1. The summed E-state index contributed by atoms with van der Waals surface area (Å²) in [5.74, 6) is -0.00977. The number of hydrogen-bond acceptors (Lipinski definition) is 7. The molecule has 0 unspecified atom stereocenters. The van der Waals surface area contributed by atoms with Gasteiger partial charge < -0.3 is 20.1 Å². The number of nitrogens with two attached hydrogens (primary N) is 1. The van der Waals surface area contributed by atoms with Crippen molar-refractivity contribution in [1.29, 1.82) is 0 Å². The highest BCUT2D eigenvalue weighted by Crippen LogP contribution is 2.40. The van der Waals surface area contributed by atoms with E-state index in [0.29, 0.717) is 46.8 Å². The van der Waals surface area contributed by atoms with E-state index in [0.717, 1.165) is 31.4 Å². The molecule has 9 nitrogen and oxygen atoms in total. The topological polar surface area (TPSA) is 108 Å². The molecule has 186 valence electrons. The van der Waals surface area contributed by atoms with Gasteiger partial charge in [0, 0.05) is 25.4 Å². The molecule has 2 N–H and O–H groups in total. The second kappa shape index (κ2) is 9.37. The summed E-state index contributed by atoms with van der Waals surface area (Å²) in [7, 11) is 1.78. The number of carbonyl (C=O) groups is 1. The Kier molecular flexibility index (Phi) is 6.41. The lowest BCUT2D eigenvalue weighted by atomic mass is 9.76. The number of nitrogens with zero attached hydrogens (tertiary/aromatic N) is 5. The van der Waals surface area contributed by atoms with Gasteiger partial charge in [-0.1, -0.05) is 11.6 Å². The summed E-state index contributed by atoms with van der Waals surface area (Å²) < 4.78 is 13.0. The lowest BCUT2D eigenvalue weighted by molar-refractivity contribution is -0.0441. The molecule has 1 saturated carbocycles. The molecule has 1 aliphatic heterocycles. The lowest BCUT2D eigenvalue weighted by Gasteiger charge is -2.48. The molecule has 1 aliphatic carbocycles. The summed E-state index contributed by atoms with van der Waals surface area (Å²) in [6.07, 6.45) is 8.95. The van der Waals surface area contributed by atoms with Crippen molar-refractivity contribution in [2.24, 2.45) is 11.7 Å². The average Bonchev–Trinajstić information content (AvgIpc) is 3.24. The van der Waals surface area contributed by atoms with Gasteiger partial charge in [0.1, 0.15) is 5.69 Å². The Balaban J connectivity index is 1.53.